The second-order valence-electron chi connectivity index (χ2n) is 5.80. The van der Waals surface area contributed by atoms with Crippen LogP contribution in [0.1, 0.15) is 24.4 Å². The van der Waals surface area contributed by atoms with Crippen LogP contribution in [0.4, 0.5) is 0 Å². The van der Waals surface area contributed by atoms with Gasteiger partial charge in [0.05, 0.1) is 19.7 Å². The van der Waals surface area contributed by atoms with E-state index in [0.717, 1.165) is 5.75 Å². The van der Waals surface area contributed by atoms with E-state index < -0.39 is 0 Å². The first kappa shape index (κ1) is 19.0. The lowest BCUT2D eigenvalue weighted by molar-refractivity contribution is 0.304. The van der Waals surface area contributed by atoms with Crippen LogP contribution in [0.3, 0.4) is 0 Å². The Morgan fingerprint density at radius 2 is 2.05 bits per heavy atom. The molecule has 1 atom stereocenters. The van der Waals surface area contributed by atoms with E-state index in [2.05, 4.69) is 41.0 Å². The van der Waals surface area contributed by atoms with Gasteiger partial charge >= 0.3 is 0 Å². The molecule has 1 fully saturated rings. The molecule has 1 aromatic carbocycles. The predicted molar refractivity (Wildman–Crippen MR) is 102 cm³/mol. The zero-order valence-corrected chi connectivity index (χ0v) is 16.2. The number of benzene rings is 1. The van der Waals surface area contributed by atoms with Crippen molar-refractivity contribution in [2.45, 2.75) is 24.9 Å². The Morgan fingerprint density at radius 3 is 2.59 bits per heavy atom. The number of guanidine groups is 1. The van der Waals surface area contributed by atoms with E-state index in [1.54, 1.807) is 7.11 Å². The Morgan fingerprint density at radius 1 is 1.36 bits per heavy atom. The van der Waals surface area contributed by atoms with Gasteiger partial charge in [-0.15, -0.1) is 24.0 Å². The van der Waals surface area contributed by atoms with Crippen LogP contribution in [-0.2, 0) is 0 Å². The molecule has 1 aliphatic carbocycles. The third-order valence-corrected chi connectivity index (χ3v) is 3.98. The van der Waals surface area contributed by atoms with Crippen molar-refractivity contribution in [3.63, 3.8) is 0 Å². The van der Waals surface area contributed by atoms with Gasteiger partial charge in [0.25, 0.3) is 0 Å². The molecule has 0 spiro atoms. The number of aliphatic imine (C=N–C) groups is 1. The van der Waals surface area contributed by atoms with Gasteiger partial charge in [0.15, 0.2) is 5.96 Å². The molecule has 0 saturated heterocycles. The van der Waals surface area contributed by atoms with Crippen molar-refractivity contribution in [1.29, 1.82) is 0 Å². The summed E-state index contributed by atoms with van der Waals surface area (Å²) in [4.78, 5) is 8.81. The standard InChI is InChI=1S/C16H26N4O.HI/c1-19(2)15(12-6-5-7-14(10-12)21-4)11-18-16(17)20(3)13-8-9-13;/h5-7,10,13,15H,8-9,11H2,1-4H3,(H2,17,18);1H. The first-order valence-corrected chi connectivity index (χ1v) is 7.36. The Balaban J connectivity index is 0.00000242. The highest BCUT2D eigenvalue weighted by atomic mass is 127. The highest BCUT2D eigenvalue weighted by Crippen LogP contribution is 2.26. The molecule has 22 heavy (non-hydrogen) atoms. The molecule has 2 N–H and O–H groups in total. The number of hydrogen-bond donors (Lipinski definition) is 1. The van der Waals surface area contributed by atoms with Gasteiger partial charge in [0.2, 0.25) is 0 Å². The normalized spacial score (nSPS) is 16.1. The van der Waals surface area contributed by atoms with Crippen LogP contribution < -0.4 is 10.5 Å². The van der Waals surface area contributed by atoms with Crippen LogP contribution >= 0.6 is 24.0 Å². The van der Waals surface area contributed by atoms with Crippen LogP contribution in [0.25, 0.3) is 0 Å². The van der Waals surface area contributed by atoms with Gasteiger partial charge in [0, 0.05) is 13.1 Å². The summed E-state index contributed by atoms with van der Waals surface area (Å²) in [6, 6.07) is 8.89. The molecule has 0 amide bonds. The molecule has 1 saturated carbocycles. The molecule has 124 valence electrons. The third kappa shape index (κ3) is 5.01. The monoisotopic (exact) mass is 418 g/mol. The lowest BCUT2D eigenvalue weighted by Gasteiger charge is -2.24. The lowest BCUT2D eigenvalue weighted by Crippen LogP contribution is -2.36. The minimum atomic E-state index is 0. The summed E-state index contributed by atoms with van der Waals surface area (Å²) in [7, 11) is 7.82. The Kier molecular flexibility index (Phi) is 7.41. The maximum absolute atomic E-state index is 6.07. The molecule has 5 nitrogen and oxygen atoms in total. The average Bonchev–Trinajstić information content (AvgIpc) is 3.31. The molecular formula is C16H27IN4O. The fraction of sp³-hybridized carbons (Fsp3) is 0.562. The molecule has 0 radical (unpaired) electrons. The summed E-state index contributed by atoms with van der Waals surface area (Å²) in [5.74, 6) is 1.50. The largest absolute Gasteiger partial charge is 0.497 e. The van der Waals surface area contributed by atoms with Crippen LogP contribution in [0, 0.1) is 0 Å². The number of hydrogen-bond acceptors (Lipinski definition) is 3. The van der Waals surface area contributed by atoms with E-state index in [-0.39, 0.29) is 30.0 Å². The van der Waals surface area contributed by atoms with E-state index in [4.69, 9.17) is 10.5 Å². The molecule has 1 aliphatic rings. The van der Waals surface area contributed by atoms with Crippen LogP contribution in [0.2, 0.25) is 0 Å². The van der Waals surface area contributed by atoms with Crippen molar-refractivity contribution in [3.05, 3.63) is 29.8 Å². The Bertz CT molecular complexity index is 503. The smallest absolute Gasteiger partial charge is 0.191 e. The van der Waals surface area contributed by atoms with E-state index in [9.17, 15) is 0 Å². The van der Waals surface area contributed by atoms with Crippen LogP contribution in [0.5, 0.6) is 5.75 Å². The van der Waals surface area contributed by atoms with Gasteiger partial charge < -0.3 is 20.3 Å². The van der Waals surface area contributed by atoms with E-state index in [0.29, 0.717) is 18.5 Å². The molecule has 1 unspecified atom stereocenters. The summed E-state index contributed by atoms with van der Waals surface area (Å²) < 4.78 is 5.30. The number of nitrogens with zero attached hydrogens (tertiary/aromatic N) is 3. The molecular weight excluding hydrogens is 391 g/mol. The first-order chi connectivity index (χ1) is 10.0. The third-order valence-electron chi connectivity index (χ3n) is 3.98. The number of rotatable bonds is 6. The van der Waals surface area contributed by atoms with Crippen molar-refractivity contribution in [2.24, 2.45) is 10.7 Å². The minimum absolute atomic E-state index is 0. The van der Waals surface area contributed by atoms with Gasteiger partial charge in [-0.1, -0.05) is 12.1 Å². The van der Waals surface area contributed by atoms with Gasteiger partial charge in [-0.05, 0) is 44.6 Å². The summed E-state index contributed by atoms with van der Waals surface area (Å²) in [5, 5.41) is 0. The van der Waals surface area contributed by atoms with Crippen molar-refractivity contribution in [3.8, 4) is 5.75 Å². The zero-order valence-electron chi connectivity index (χ0n) is 13.8. The SMILES string of the molecule is COc1cccc(C(CN=C(N)N(C)C2CC2)N(C)C)c1.I. The minimum Gasteiger partial charge on any atom is -0.497 e. The molecule has 2 rings (SSSR count). The number of halogens is 1. The molecule has 0 aliphatic heterocycles. The first-order valence-electron chi connectivity index (χ1n) is 7.36. The maximum Gasteiger partial charge on any atom is 0.191 e. The van der Waals surface area contributed by atoms with Crippen LogP contribution in [0.15, 0.2) is 29.3 Å². The Labute approximate surface area is 150 Å². The molecule has 1 aromatic rings. The fourth-order valence-corrected chi connectivity index (χ4v) is 2.36. The van der Waals surface area contributed by atoms with Crippen molar-refractivity contribution in [1.82, 2.24) is 9.80 Å². The predicted octanol–water partition coefficient (Wildman–Crippen LogP) is 2.32. The highest BCUT2D eigenvalue weighted by Gasteiger charge is 2.27. The van der Waals surface area contributed by atoms with E-state index in [1.165, 1.54) is 18.4 Å². The lowest BCUT2D eigenvalue weighted by atomic mass is 10.1. The molecule has 0 aromatic heterocycles. The van der Waals surface area contributed by atoms with Gasteiger partial charge in [-0.25, -0.2) is 0 Å². The highest BCUT2D eigenvalue weighted by molar-refractivity contribution is 14.0. The summed E-state index contributed by atoms with van der Waals surface area (Å²) >= 11 is 0. The van der Waals surface area contributed by atoms with E-state index in [1.807, 2.05) is 19.2 Å². The Hall–Kier alpha value is -1.02. The summed E-state index contributed by atoms with van der Waals surface area (Å²) in [5.41, 5.74) is 7.26. The summed E-state index contributed by atoms with van der Waals surface area (Å²) in [6.45, 7) is 0.642. The average molecular weight is 418 g/mol. The number of likely N-dealkylation sites (N-methyl/N-ethyl adjacent to an activating group) is 1. The number of ether oxygens (including phenoxy) is 1. The summed E-state index contributed by atoms with van der Waals surface area (Å²) in [6.07, 6.45) is 2.44. The molecule has 6 heteroatoms. The second kappa shape index (κ2) is 8.57. The van der Waals surface area contributed by atoms with Crippen molar-refractivity contribution < 1.29 is 4.74 Å². The van der Waals surface area contributed by atoms with E-state index >= 15 is 0 Å². The second-order valence-corrected chi connectivity index (χ2v) is 5.80. The number of nitrogens with two attached hydrogens (primary N) is 1. The van der Waals surface area contributed by atoms with Gasteiger partial charge in [0.1, 0.15) is 5.75 Å². The topological polar surface area (TPSA) is 54.1 Å². The van der Waals surface area contributed by atoms with Gasteiger partial charge in [-0.2, -0.15) is 0 Å². The number of methoxy groups -OCH3 is 1. The van der Waals surface area contributed by atoms with Crippen LogP contribution in [-0.4, -0.2) is 56.6 Å². The molecule has 0 heterocycles. The quantitative estimate of drug-likeness (QED) is 0.438. The molecule has 0 bridgehead atoms. The van der Waals surface area contributed by atoms with Gasteiger partial charge in [-0.3, -0.25) is 4.99 Å². The fourth-order valence-electron chi connectivity index (χ4n) is 2.36. The van der Waals surface area contributed by atoms with Crippen molar-refractivity contribution >= 4 is 29.9 Å². The zero-order chi connectivity index (χ0) is 15.4. The van der Waals surface area contributed by atoms with Crippen molar-refractivity contribution in [2.75, 3.05) is 34.8 Å². The maximum atomic E-state index is 6.07.